The number of aliphatic hydroxyl groups excluding tert-OH is 1. The van der Waals surface area contributed by atoms with E-state index in [0.29, 0.717) is 11.8 Å². The van der Waals surface area contributed by atoms with Crippen molar-refractivity contribution in [2.75, 3.05) is 13.7 Å². The Morgan fingerprint density at radius 1 is 1.57 bits per heavy atom. The van der Waals surface area contributed by atoms with Crippen LogP contribution in [0.5, 0.6) is 0 Å². The SMILES string of the molecule is COC(=O)[C@H]1C(C)CC[C@H]1C(C)CO. The highest BCUT2D eigenvalue weighted by molar-refractivity contribution is 5.73. The maximum atomic E-state index is 11.6. The van der Waals surface area contributed by atoms with E-state index in [4.69, 9.17) is 9.84 Å². The Bertz CT molecular complexity index is 203. The predicted molar refractivity (Wildman–Crippen MR) is 53.6 cm³/mol. The molecule has 2 unspecified atom stereocenters. The number of ether oxygens (including phenoxy) is 1. The molecular formula is C11H20O3. The van der Waals surface area contributed by atoms with Gasteiger partial charge in [0.2, 0.25) is 0 Å². The molecule has 1 N–H and O–H groups in total. The molecule has 1 aliphatic rings. The van der Waals surface area contributed by atoms with Crippen LogP contribution >= 0.6 is 0 Å². The topological polar surface area (TPSA) is 46.5 Å². The van der Waals surface area contributed by atoms with Crippen LogP contribution in [0.4, 0.5) is 0 Å². The molecule has 1 saturated carbocycles. The van der Waals surface area contributed by atoms with Crippen LogP contribution in [0.2, 0.25) is 0 Å². The molecule has 0 spiro atoms. The van der Waals surface area contributed by atoms with Crippen molar-refractivity contribution < 1.29 is 14.6 Å². The van der Waals surface area contributed by atoms with Gasteiger partial charge in [0.1, 0.15) is 0 Å². The lowest BCUT2D eigenvalue weighted by Crippen LogP contribution is -2.29. The van der Waals surface area contributed by atoms with E-state index in [1.54, 1.807) is 0 Å². The van der Waals surface area contributed by atoms with Crippen LogP contribution in [0.3, 0.4) is 0 Å². The number of hydrogen-bond acceptors (Lipinski definition) is 3. The van der Waals surface area contributed by atoms with Gasteiger partial charge in [0, 0.05) is 6.61 Å². The molecule has 0 bridgehead atoms. The quantitative estimate of drug-likeness (QED) is 0.701. The minimum Gasteiger partial charge on any atom is -0.469 e. The third-order valence-corrected chi connectivity index (χ3v) is 3.52. The lowest BCUT2D eigenvalue weighted by atomic mass is 9.82. The standard InChI is InChI=1S/C11H20O3/c1-7-4-5-9(8(2)6-12)10(7)11(13)14-3/h7-10,12H,4-6H2,1-3H3/t7?,8?,9-,10-/m0/s1. The van der Waals surface area contributed by atoms with Gasteiger partial charge in [-0.25, -0.2) is 0 Å². The van der Waals surface area contributed by atoms with Crippen molar-refractivity contribution in [3.8, 4) is 0 Å². The minimum absolute atomic E-state index is 0.0119. The van der Waals surface area contributed by atoms with Crippen molar-refractivity contribution >= 4 is 5.97 Å². The number of esters is 1. The summed E-state index contributed by atoms with van der Waals surface area (Å²) >= 11 is 0. The second kappa shape index (κ2) is 4.78. The molecule has 1 rings (SSSR count). The van der Waals surface area contributed by atoms with E-state index in [0.717, 1.165) is 12.8 Å². The van der Waals surface area contributed by atoms with Crippen molar-refractivity contribution in [3.63, 3.8) is 0 Å². The van der Waals surface area contributed by atoms with Crippen LogP contribution in [-0.4, -0.2) is 24.8 Å². The summed E-state index contributed by atoms with van der Waals surface area (Å²) in [6, 6.07) is 0. The highest BCUT2D eigenvalue weighted by Crippen LogP contribution is 2.41. The van der Waals surface area contributed by atoms with Gasteiger partial charge in [0.15, 0.2) is 0 Å². The fourth-order valence-corrected chi connectivity index (χ4v) is 2.55. The molecule has 0 saturated heterocycles. The summed E-state index contributed by atoms with van der Waals surface area (Å²) in [4.78, 5) is 11.6. The third kappa shape index (κ3) is 2.08. The molecular weight excluding hydrogens is 180 g/mol. The summed E-state index contributed by atoms with van der Waals surface area (Å²) in [7, 11) is 1.44. The summed E-state index contributed by atoms with van der Waals surface area (Å²) in [6.45, 7) is 4.25. The van der Waals surface area contributed by atoms with Gasteiger partial charge in [-0.1, -0.05) is 13.8 Å². The van der Waals surface area contributed by atoms with Gasteiger partial charge < -0.3 is 9.84 Å². The molecule has 1 fully saturated rings. The van der Waals surface area contributed by atoms with Crippen LogP contribution in [-0.2, 0) is 9.53 Å². The minimum atomic E-state index is -0.111. The molecule has 0 heterocycles. The van der Waals surface area contributed by atoms with Crippen molar-refractivity contribution in [3.05, 3.63) is 0 Å². The Morgan fingerprint density at radius 3 is 2.71 bits per heavy atom. The summed E-state index contributed by atoms with van der Waals surface area (Å²) in [5, 5.41) is 9.10. The molecule has 0 aromatic rings. The van der Waals surface area contributed by atoms with Crippen LogP contribution in [0.15, 0.2) is 0 Å². The maximum absolute atomic E-state index is 11.6. The molecule has 0 amide bonds. The number of carbonyl (C=O) groups is 1. The van der Waals surface area contributed by atoms with E-state index in [9.17, 15) is 4.79 Å². The Labute approximate surface area is 85.5 Å². The van der Waals surface area contributed by atoms with E-state index in [1.807, 2.05) is 6.92 Å². The van der Waals surface area contributed by atoms with E-state index in [2.05, 4.69) is 6.92 Å². The largest absolute Gasteiger partial charge is 0.469 e. The van der Waals surface area contributed by atoms with Crippen LogP contribution in [0.1, 0.15) is 26.7 Å². The number of hydrogen-bond donors (Lipinski definition) is 1. The monoisotopic (exact) mass is 200 g/mol. The van der Waals surface area contributed by atoms with Crippen LogP contribution in [0.25, 0.3) is 0 Å². The van der Waals surface area contributed by atoms with Crippen LogP contribution < -0.4 is 0 Å². The molecule has 0 aromatic heterocycles. The van der Waals surface area contributed by atoms with Crippen molar-refractivity contribution in [1.29, 1.82) is 0 Å². The Hall–Kier alpha value is -0.570. The van der Waals surface area contributed by atoms with Gasteiger partial charge in [0.05, 0.1) is 13.0 Å². The lowest BCUT2D eigenvalue weighted by Gasteiger charge is -2.24. The third-order valence-electron chi connectivity index (χ3n) is 3.52. The summed E-state index contributed by atoms with van der Waals surface area (Å²) in [5.74, 6) is 0.760. The number of carbonyl (C=O) groups excluding carboxylic acids is 1. The molecule has 82 valence electrons. The molecule has 0 aliphatic heterocycles. The normalized spacial score (nSPS) is 34.1. The molecule has 0 aromatic carbocycles. The van der Waals surface area contributed by atoms with Gasteiger partial charge in [-0.15, -0.1) is 0 Å². The molecule has 3 heteroatoms. The zero-order valence-electron chi connectivity index (χ0n) is 9.19. The average Bonchev–Trinajstić information content (AvgIpc) is 2.58. The number of aliphatic hydroxyl groups is 1. The Morgan fingerprint density at radius 2 is 2.21 bits per heavy atom. The second-order valence-corrected chi connectivity index (χ2v) is 4.43. The molecule has 4 atom stereocenters. The number of rotatable bonds is 3. The highest BCUT2D eigenvalue weighted by atomic mass is 16.5. The first kappa shape index (κ1) is 11.5. The van der Waals surface area contributed by atoms with Gasteiger partial charge in [-0.3, -0.25) is 4.79 Å². The first-order chi connectivity index (χ1) is 6.61. The van der Waals surface area contributed by atoms with Crippen molar-refractivity contribution in [2.45, 2.75) is 26.7 Å². The number of methoxy groups -OCH3 is 1. The first-order valence-corrected chi connectivity index (χ1v) is 5.30. The average molecular weight is 200 g/mol. The molecule has 14 heavy (non-hydrogen) atoms. The molecule has 3 nitrogen and oxygen atoms in total. The fourth-order valence-electron chi connectivity index (χ4n) is 2.55. The maximum Gasteiger partial charge on any atom is 0.309 e. The van der Waals surface area contributed by atoms with Gasteiger partial charge in [0.25, 0.3) is 0 Å². The van der Waals surface area contributed by atoms with Gasteiger partial charge >= 0.3 is 5.97 Å². The summed E-state index contributed by atoms with van der Waals surface area (Å²) < 4.78 is 4.81. The fraction of sp³-hybridized carbons (Fsp3) is 0.909. The zero-order valence-corrected chi connectivity index (χ0v) is 9.19. The lowest BCUT2D eigenvalue weighted by molar-refractivity contribution is -0.148. The van der Waals surface area contributed by atoms with Gasteiger partial charge in [-0.2, -0.15) is 0 Å². The first-order valence-electron chi connectivity index (χ1n) is 5.30. The summed E-state index contributed by atoms with van der Waals surface area (Å²) in [5.41, 5.74) is 0. The molecule has 1 aliphatic carbocycles. The van der Waals surface area contributed by atoms with E-state index in [-0.39, 0.29) is 24.4 Å². The van der Waals surface area contributed by atoms with E-state index in [1.165, 1.54) is 7.11 Å². The molecule has 0 radical (unpaired) electrons. The van der Waals surface area contributed by atoms with Crippen molar-refractivity contribution in [2.24, 2.45) is 23.7 Å². The Kier molecular flexibility index (Phi) is 3.93. The van der Waals surface area contributed by atoms with E-state index < -0.39 is 0 Å². The van der Waals surface area contributed by atoms with Crippen LogP contribution in [0, 0.1) is 23.7 Å². The smallest absolute Gasteiger partial charge is 0.309 e. The predicted octanol–water partition coefficient (Wildman–Crippen LogP) is 1.45. The Balaban J connectivity index is 2.71. The summed E-state index contributed by atoms with van der Waals surface area (Å²) in [6.07, 6.45) is 2.09. The van der Waals surface area contributed by atoms with Gasteiger partial charge in [-0.05, 0) is 30.6 Å². The zero-order chi connectivity index (χ0) is 10.7. The second-order valence-electron chi connectivity index (χ2n) is 4.43. The van der Waals surface area contributed by atoms with E-state index >= 15 is 0 Å². The highest BCUT2D eigenvalue weighted by Gasteiger charge is 2.41. The van der Waals surface area contributed by atoms with Crippen molar-refractivity contribution in [1.82, 2.24) is 0 Å².